The highest BCUT2D eigenvalue weighted by Gasteiger charge is 2.43. The van der Waals surface area contributed by atoms with Gasteiger partial charge in [-0.2, -0.15) is 0 Å². The van der Waals surface area contributed by atoms with E-state index in [-0.39, 0.29) is 17.4 Å². The van der Waals surface area contributed by atoms with E-state index in [9.17, 15) is 4.79 Å². The number of fused-ring (bicyclic) bond motifs is 1. The summed E-state index contributed by atoms with van der Waals surface area (Å²) in [5.74, 6) is 1.69. The van der Waals surface area contributed by atoms with E-state index in [1.54, 1.807) is 7.11 Å². The standard InChI is InChI=1S/C25H34N2O3/c1-15-16(2)22-17(13-19(15)26-21(28)14-24(3,4)5)23(25(6,7)30-22)27-18-11-9-10-12-20(18)29-8/h9-13,23,27H,14H2,1-8H3,(H,26,28). The maximum atomic E-state index is 12.6. The van der Waals surface area contributed by atoms with Gasteiger partial charge in [0.05, 0.1) is 18.8 Å². The van der Waals surface area contributed by atoms with Crippen LogP contribution in [0.3, 0.4) is 0 Å². The molecule has 162 valence electrons. The van der Waals surface area contributed by atoms with E-state index in [1.807, 2.05) is 31.2 Å². The molecule has 1 aliphatic rings. The van der Waals surface area contributed by atoms with Crippen molar-refractivity contribution in [2.75, 3.05) is 17.7 Å². The van der Waals surface area contributed by atoms with Crippen LogP contribution in [0.15, 0.2) is 30.3 Å². The molecule has 0 saturated heterocycles. The van der Waals surface area contributed by atoms with Crippen LogP contribution in [0.2, 0.25) is 0 Å². The molecule has 2 aromatic carbocycles. The molecule has 1 aliphatic heterocycles. The lowest BCUT2D eigenvalue weighted by Crippen LogP contribution is -2.34. The quantitative estimate of drug-likeness (QED) is 0.634. The summed E-state index contributed by atoms with van der Waals surface area (Å²) >= 11 is 0. The SMILES string of the molecule is COc1ccccc1NC1c2cc(NC(=O)CC(C)(C)C)c(C)c(C)c2OC1(C)C. The lowest BCUT2D eigenvalue weighted by Gasteiger charge is -2.28. The Bertz CT molecular complexity index is 958. The van der Waals surface area contributed by atoms with Crippen molar-refractivity contribution < 1.29 is 14.3 Å². The van der Waals surface area contributed by atoms with Gasteiger partial charge in [-0.15, -0.1) is 0 Å². The zero-order valence-corrected chi connectivity index (χ0v) is 19.4. The van der Waals surface area contributed by atoms with Crippen molar-refractivity contribution >= 4 is 17.3 Å². The number of hydrogen-bond donors (Lipinski definition) is 2. The van der Waals surface area contributed by atoms with E-state index in [4.69, 9.17) is 9.47 Å². The first-order chi connectivity index (χ1) is 13.9. The number of carbonyl (C=O) groups is 1. The molecule has 0 fully saturated rings. The summed E-state index contributed by atoms with van der Waals surface area (Å²) in [7, 11) is 1.67. The maximum Gasteiger partial charge on any atom is 0.224 e. The molecule has 2 N–H and O–H groups in total. The number of methoxy groups -OCH3 is 1. The number of hydrogen-bond acceptors (Lipinski definition) is 4. The molecule has 0 spiro atoms. The molecule has 0 aromatic heterocycles. The molecule has 3 rings (SSSR count). The predicted molar refractivity (Wildman–Crippen MR) is 123 cm³/mol. The van der Waals surface area contributed by atoms with Gasteiger partial charge in [0, 0.05) is 17.7 Å². The molecule has 0 aliphatic carbocycles. The topological polar surface area (TPSA) is 59.6 Å². The van der Waals surface area contributed by atoms with Crippen LogP contribution in [0.1, 0.15) is 63.8 Å². The number of ether oxygens (including phenoxy) is 2. The van der Waals surface area contributed by atoms with Crippen LogP contribution in [0.5, 0.6) is 11.5 Å². The number of amides is 1. The first-order valence-electron chi connectivity index (χ1n) is 10.5. The Morgan fingerprint density at radius 2 is 1.80 bits per heavy atom. The molecule has 1 atom stereocenters. The van der Waals surface area contributed by atoms with E-state index in [1.165, 1.54) is 0 Å². The minimum absolute atomic E-state index is 0.0253. The van der Waals surface area contributed by atoms with Crippen molar-refractivity contribution in [3.05, 3.63) is 47.0 Å². The average Bonchev–Trinajstić information content (AvgIpc) is 2.89. The van der Waals surface area contributed by atoms with Crippen LogP contribution in [-0.4, -0.2) is 18.6 Å². The largest absolute Gasteiger partial charge is 0.495 e. The van der Waals surface area contributed by atoms with Crippen LogP contribution in [-0.2, 0) is 4.79 Å². The summed E-state index contributed by atoms with van der Waals surface area (Å²) in [4.78, 5) is 12.6. The van der Waals surface area contributed by atoms with E-state index in [0.717, 1.165) is 39.6 Å². The number of rotatable bonds is 5. The van der Waals surface area contributed by atoms with Gasteiger partial charge in [0.25, 0.3) is 0 Å². The highest BCUT2D eigenvalue weighted by molar-refractivity contribution is 5.92. The summed E-state index contributed by atoms with van der Waals surface area (Å²) in [5.41, 5.74) is 4.34. The highest BCUT2D eigenvalue weighted by Crippen LogP contribution is 2.49. The first-order valence-corrected chi connectivity index (χ1v) is 10.5. The van der Waals surface area contributed by atoms with Crippen LogP contribution in [0, 0.1) is 19.3 Å². The van der Waals surface area contributed by atoms with Crippen LogP contribution >= 0.6 is 0 Å². The molecular weight excluding hydrogens is 376 g/mol. The lowest BCUT2D eigenvalue weighted by atomic mass is 9.90. The van der Waals surface area contributed by atoms with Crippen LogP contribution in [0.25, 0.3) is 0 Å². The van der Waals surface area contributed by atoms with E-state index in [2.05, 4.69) is 58.2 Å². The molecule has 30 heavy (non-hydrogen) atoms. The lowest BCUT2D eigenvalue weighted by molar-refractivity contribution is -0.117. The number of para-hydroxylation sites is 2. The van der Waals surface area contributed by atoms with Gasteiger partial charge >= 0.3 is 0 Å². The molecule has 0 bridgehead atoms. The molecule has 1 unspecified atom stereocenters. The van der Waals surface area contributed by atoms with Gasteiger partial charge in [-0.1, -0.05) is 32.9 Å². The second-order valence-electron chi connectivity index (χ2n) is 9.86. The van der Waals surface area contributed by atoms with Gasteiger partial charge in [-0.05, 0) is 62.4 Å². The van der Waals surface area contributed by atoms with E-state index in [0.29, 0.717) is 6.42 Å². The molecule has 1 heterocycles. The summed E-state index contributed by atoms with van der Waals surface area (Å²) in [6, 6.07) is 9.82. The number of carbonyl (C=O) groups excluding carboxylic acids is 1. The summed E-state index contributed by atoms with van der Waals surface area (Å²) in [6.45, 7) is 14.4. The monoisotopic (exact) mass is 410 g/mol. The molecule has 5 heteroatoms. The van der Waals surface area contributed by atoms with Gasteiger partial charge in [0.15, 0.2) is 0 Å². The summed E-state index contributed by atoms with van der Waals surface area (Å²) in [6.07, 6.45) is 0.466. The van der Waals surface area contributed by atoms with E-state index < -0.39 is 5.60 Å². The number of anilines is 2. The van der Waals surface area contributed by atoms with Crippen LogP contribution < -0.4 is 20.1 Å². The Morgan fingerprint density at radius 3 is 2.43 bits per heavy atom. The van der Waals surface area contributed by atoms with Crippen molar-refractivity contribution in [1.29, 1.82) is 0 Å². The Hall–Kier alpha value is -2.69. The highest BCUT2D eigenvalue weighted by atomic mass is 16.5. The maximum absolute atomic E-state index is 12.6. The predicted octanol–water partition coefficient (Wildman–Crippen LogP) is 6.01. The van der Waals surface area contributed by atoms with Gasteiger partial charge in [-0.25, -0.2) is 0 Å². The van der Waals surface area contributed by atoms with Gasteiger partial charge in [-0.3, -0.25) is 4.79 Å². The Balaban J connectivity index is 1.99. The second kappa shape index (κ2) is 7.86. The molecule has 2 aromatic rings. The zero-order valence-electron chi connectivity index (χ0n) is 19.4. The number of benzene rings is 2. The van der Waals surface area contributed by atoms with Crippen molar-refractivity contribution in [3.63, 3.8) is 0 Å². The Morgan fingerprint density at radius 1 is 1.13 bits per heavy atom. The fraction of sp³-hybridized carbons (Fsp3) is 0.480. The third-order valence-electron chi connectivity index (χ3n) is 5.61. The molecule has 5 nitrogen and oxygen atoms in total. The average molecular weight is 411 g/mol. The van der Waals surface area contributed by atoms with Gasteiger partial charge in [0.2, 0.25) is 5.91 Å². The van der Waals surface area contributed by atoms with Crippen molar-refractivity contribution in [2.45, 2.75) is 66.5 Å². The first kappa shape index (κ1) is 22.0. The Labute approximate surface area is 180 Å². The minimum atomic E-state index is -0.464. The smallest absolute Gasteiger partial charge is 0.224 e. The van der Waals surface area contributed by atoms with Crippen molar-refractivity contribution in [3.8, 4) is 11.5 Å². The summed E-state index contributed by atoms with van der Waals surface area (Å²) < 4.78 is 11.9. The normalized spacial score (nSPS) is 17.1. The van der Waals surface area contributed by atoms with Gasteiger partial charge in [0.1, 0.15) is 17.1 Å². The molecule has 0 saturated carbocycles. The van der Waals surface area contributed by atoms with Gasteiger partial charge < -0.3 is 20.1 Å². The fourth-order valence-electron chi connectivity index (χ4n) is 3.94. The Kier molecular flexibility index (Phi) is 5.76. The molecular formula is C25H34N2O3. The van der Waals surface area contributed by atoms with Crippen molar-refractivity contribution in [1.82, 2.24) is 0 Å². The number of nitrogens with one attached hydrogen (secondary N) is 2. The fourth-order valence-corrected chi connectivity index (χ4v) is 3.94. The molecule has 0 radical (unpaired) electrons. The molecule has 1 amide bonds. The summed E-state index contributed by atoms with van der Waals surface area (Å²) in [5, 5.41) is 6.73. The van der Waals surface area contributed by atoms with Crippen molar-refractivity contribution in [2.24, 2.45) is 5.41 Å². The third-order valence-corrected chi connectivity index (χ3v) is 5.61. The second-order valence-corrected chi connectivity index (χ2v) is 9.86. The van der Waals surface area contributed by atoms with Crippen LogP contribution in [0.4, 0.5) is 11.4 Å². The minimum Gasteiger partial charge on any atom is -0.495 e. The van der Waals surface area contributed by atoms with E-state index >= 15 is 0 Å². The zero-order chi connectivity index (χ0) is 22.3. The third kappa shape index (κ3) is 4.40.